The Labute approximate surface area is 185 Å². The third kappa shape index (κ3) is 5.39. The molecule has 0 unspecified atom stereocenters. The van der Waals surface area contributed by atoms with E-state index in [1.54, 1.807) is 0 Å². The van der Waals surface area contributed by atoms with Crippen molar-refractivity contribution in [3.63, 3.8) is 0 Å². The number of esters is 2. The topological polar surface area (TPSA) is 164 Å². The molecule has 0 aliphatic carbocycles. The molecule has 3 rings (SSSR count). The molecule has 33 heavy (non-hydrogen) atoms. The Morgan fingerprint density at radius 1 is 0.515 bits per heavy atom. The summed E-state index contributed by atoms with van der Waals surface area (Å²) in [7, 11) is 0. The molecule has 0 saturated heterocycles. The van der Waals surface area contributed by atoms with Crippen LogP contribution in [0.5, 0.6) is 11.5 Å². The smallest absolute Gasteiger partial charge is 0.343 e. The van der Waals surface area contributed by atoms with E-state index in [0.717, 1.165) is 12.1 Å². The van der Waals surface area contributed by atoms with Crippen LogP contribution in [0.15, 0.2) is 66.7 Å². The number of carboxylic acids is 3. The average molecular weight is 450 g/mol. The van der Waals surface area contributed by atoms with Crippen LogP contribution in [0.4, 0.5) is 0 Å². The van der Waals surface area contributed by atoms with Gasteiger partial charge < -0.3 is 24.8 Å². The van der Waals surface area contributed by atoms with Gasteiger partial charge in [0.15, 0.2) is 0 Å². The maximum atomic E-state index is 12.3. The molecule has 3 N–H and O–H groups in total. The highest BCUT2D eigenvalue weighted by molar-refractivity contribution is 5.97. The van der Waals surface area contributed by atoms with Gasteiger partial charge in [-0.1, -0.05) is 0 Å². The molecule has 0 bridgehead atoms. The molecule has 3 aromatic carbocycles. The van der Waals surface area contributed by atoms with Gasteiger partial charge >= 0.3 is 29.8 Å². The van der Waals surface area contributed by atoms with Gasteiger partial charge in [-0.25, -0.2) is 24.0 Å². The van der Waals surface area contributed by atoms with Gasteiger partial charge in [0.2, 0.25) is 0 Å². The minimum absolute atomic E-state index is 0.00310. The Morgan fingerprint density at radius 3 is 1.36 bits per heavy atom. The van der Waals surface area contributed by atoms with Gasteiger partial charge in [0.1, 0.15) is 17.1 Å². The first-order chi connectivity index (χ1) is 15.7. The molecule has 0 fully saturated rings. The van der Waals surface area contributed by atoms with E-state index >= 15 is 0 Å². The summed E-state index contributed by atoms with van der Waals surface area (Å²) < 4.78 is 10.2. The lowest BCUT2D eigenvalue weighted by Crippen LogP contribution is -2.13. The summed E-state index contributed by atoms with van der Waals surface area (Å²) in [5.41, 5.74) is -0.490. The van der Waals surface area contributed by atoms with Gasteiger partial charge in [0.05, 0.1) is 22.3 Å². The largest absolute Gasteiger partial charge is 0.478 e. The number of ether oxygens (including phenoxy) is 2. The zero-order valence-corrected chi connectivity index (χ0v) is 16.6. The number of benzene rings is 3. The van der Waals surface area contributed by atoms with Crippen molar-refractivity contribution in [2.75, 3.05) is 0 Å². The Morgan fingerprint density at radius 2 is 0.939 bits per heavy atom. The predicted octanol–water partition coefficient (Wildman–Crippen LogP) is 3.22. The molecule has 0 saturated carbocycles. The highest BCUT2D eigenvalue weighted by Crippen LogP contribution is 2.26. The third-order valence-electron chi connectivity index (χ3n) is 4.33. The molecule has 3 aromatic rings. The summed E-state index contributed by atoms with van der Waals surface area (Å²) in [6, 6.07) is 13.1. The summed E-state index contributed by atoms with van der Waals surface area (Å²) in [5, 5.41) is 27.2. The molecule has 0 spiro atoms. The van der Waals surface area contributed by atoms with Crippen LogP contribution in [0.1, 0.15) is 51.8 Å². The van der Waals surface area contributed by atoms with Crippen molar-refractivity contribution >= 4 is 29.8 Å². The molecule has 0 atom stereocenters. The lowest BCUT2D eigenvalue weighted by Gasteiger charge is -2.10. The second-order valence-electron chi connectivity index (χ2n) is 6.51. The van der Waals surface area contributed by atoms with Crippen LogP contribution in [0.3, 0.4) is 0 Å². The van der Waals surface area contributed by atoms with E-state index in [2.05, 4.69) is 0 Å². The summed E-state index contributed by atoms with van der Waals surface area (Å²) in [6.45, 7) is 0. The monoisotopic (exact) mass is 450 g/mol. The normalized spacial score (nSPS) is 10.2. The fourth-order valence-electron chi connectivity index (χ4n) is 2.65. The van der Waals surface area contributed by atoms with Crippen LogP contribution < -0.4 is 9.47 Å². The van der Waals surface area contributed by atoms with Gasteiger partial charge in [-0.3, -0.25) is 0 Å². The molecule has 0 aliphatic heterocycles. The Hall–Kier alpha value is -4.99. The van der Waals surface area contributed by atoms with Crippen molar-refractivity contribution < 1.29 is 48.8 Å². The molecule has 10 nitrogen and oxygen atoms in total. The van der Waals surface area contributed by atoms with Crippen molar-refractivity contribution in [3.8, 4) is 11.5 Å². The Balaban J connectivity index is 1.77. The van der Waals surface area contributed by atoms with E-state index in [0.29, 0.717) is 0 Å². The van der Waals surface area contributed by atoms with Gasteiger partial charge in [-0.05, 0) is 66.7 Å². The van der Waals surface area contributed by atoms with Crippen LogP contribution in [0.25, 0.3) is 0 Å². The van der Waals surface area contributed by atoms with Crippen LogP contribution in [0, 0.1) is 0 Å². The fourth-order valence-corrected chi connectivity index (χ4v) is 2.65. The van der Waals surface area contributed by atoms with Crippen molar-refractivity contribution in [2.24, 2.45) is 0 Å². The first-order valence-electron chi connectivity index (χ1n) is 9.14. The zero-order valence-electron chi connectivity index (χ0n) is 16.6. The summed E-state index contributed by atoms with van der Waals surface area (Å²) >= 11 is 0. The lowest BCUT2D eigenvalue weighted by atomic mass is 10.1. The number of rotatable bonds is 7. The van der Waals surface area contributed by atoms with Crippen molar-refractivity contribution in [3.05, 3.63) is 94.5 Å². The quantitative estimate of drug-likeness (QED) is 0.359. The molecule has 0 radical (unpaired) electrons. The Bertz CT molecular complexity index is 1260. The first kappa shape index (κ1) is 22.7. The molecule has 0 heterocycles. The van der Waals surface area contributed by atoms with E-state index in [9.17, 15) is 29.1 Å². The second kappa shape index (κ2) is 9.43. The SMILES string of the molecule is O=C(O)c1ccc(C(=O)Oc2ccc(OC(=O)c3ccc(C(=O)O)cc3)c(C(=O)O)c2)cc1. The van der Waals surface area contributed by atoms with Crippen LogP contribution >= 0.6 is 0 Å². The third-order valence-corrected chi connectivity index (χ3v) is 4.33. The van der Waals surface area contributed by atoms with Gasteiger partial charge in [-0.2, -0.15) is 0 Å². The number of carbonyl (C=O) groups excluding carboxylic acids is 2. The summed E-state index contributed by atoms with van der Waals surface area (Å²) in [4.78, 5) is 58.0. The maximum Gasteiger partial charge on any atom is 0.343 e. The minimum Gasteiger partial charge on any atom is -0.478 e. The summed E-state index contributed by atoms with van der Waals surface area (Å²) in [5.74, 6) is -6.03. The number of hydrogen-bond donors (Lipinski definition) is 3. The number of aromatic carboxylic acids is 3. The van der Waals surface area contributed by atoms with Gasteiger partial charge in [-0.15, -0.1) is 0 Å². The molecule has 10 heteroatoms. The zero-order chi connectivity index (χ0) is 24.1. The fraction of sp³-hybridized carbons (Fsp3) is 0. The van der Waals surface area contributed by atoms with Gasteiger partial charge in [0, 0.05) is 0 Å². The average Bonchev–Trinajstić information content (AvgIpc) is 2.79. The first-order valence-corrected chi connectivity index (χ1v) is 9.14. The van der Waals surface area contributed by atoms with E-state index in [4.69, 9.17) is 19.7 Å². The van der Waals surface area contributed by atoms with Crippen LogP contribution in [-0.4, -0.2) is 45.2 Å². The summed E-state index contributed by atoms with van der Waals surface area (Å²) in [6.07, 6.45) is 0. The van der Waals surface area contributed by atoms with Gasteiger partial charge in [0.25, 0.3) is 0 Å². The maximum absolute atomic E-state index is 12.3. The number of carbonyl (C=O) groups is 5. The van der Waals surface area contributed by atoms with E-state index < -0.39 is 35.4 Å². The molecule has 0 aromatic heterocycles. The molecule has 0 aliphatic rings. The minimum atomic E-state index is -1.46. The van der Waals surface area contributed by atoms with Crippen molar-refractivity contribution in [1.29, 1.82) is 0 Å². The predicted molar refractivity (Wildman–Crippen MR) is 110 cm³/mol. The van der Waals surface area contributed by atoms with Crippen LogP contribution in [-0.2, 0) is 0 Å². The van der Waals surface area contributed by atoms with E-state index in [1.165, 1.54) is 54.6 Å². The highest BCUT2D eigenvalue weighted by Gasteiger charge is 2.19. The number of carboxylic acid groups (broad SMARTS) is 3. The molecule has 0 amide bonds. The standard InChI is InChI=1S/C23H14O10/c24-19(25)12-1-5-14(6-2-12)22(30)32-16-9-10-18(17(11-16)21(28)29)33-23(31)15-7-3-13(4-8-15)20(26)27/h1-11H,(H,24,25)(H,26,27)(H,28,29). The Kier molecular flexibility index (Phi) is 6.49. The van der Waals surface area contributed by atoms with E-state index in [-0.39, 0.29) is 33.8 Å². The molecular formula is C23H14O10. The second-order valence-corrected chi connectivity index (χ2v) is 6.51. The van der Waals surface area contributed by atoms with Crippen LogP contribution in [0.2, 0.25) is 0 Å². The van der Waals surface area contributed by atoms with E-state index in [1.807, 2.05) is 0 Å². The lowest BCUT2D eigenvalue weighted by molar-refractivity contribution is 0.0665. The molecular weight excluding hydrogens is 436 g/mol. The highest BCUT2D eigenvalue weighted by atomic mass is 16.5. The molecule has 166 valence electrons. The van der Waals surface area contributed by atoms with Crippen molar-refractivity contribution in [1.82, 2.24) is 0 Å². The van der Waals surface area contributed by atoms with Crippen molar-refractivity contribution in [2.45, 2.75) is 0 Å². The number of hydrogen-bond acceptors (Lipinski definition) is 7.